The number of anilines is 1. The van der Waals surface area contributed by atoms with Crippen molar-refractivity contribution in [2.75, 3.05) is 5.32 Å². The summed E-state index contributed by atoms with van der Waals surface area (Å²) in [5.41, 5.74) is 2.93. The van der Waals surface area contributed by atoms with Crippen molar-refractivity contribution in [3.05, 3.63) is 53.5 Å². The van der Waals surface area contributed by atoms with Crippen LogP contribution in [0.1, 0.15) is 23.3 Å². The minimum atomic E-state index is -0.244. The zero-order valence-electron chi connectivity index (χ0n) is 13.3. The Balaban J connectivity index is 1.52. The molecule has 1 aromatic carbocycles. The van der Waals surface area contributed by atoms with Crippen LogP contribution < -0.4 is 10.6 Å². The average molecular weight is 312 g/mol. The van der Waals surface area contributed by atoms with Gasteiger partial charge in [0.15, 0.2) is 0 Å². The highest BCUT2D eigenvalue weighted by molar-refractivity contribution is 5.99. The van der Waals surface area contributed by atoms with Gasteiger partial charge in [-0.1, -0.05) is 12.1 Å². The molecule has 1 aromatic heterocycles. The lowest BCUT2D eigenvalue weighted by molar-refractivity contribution is -0.125. The third-order valence-corrected chi connectivity index (χ3v) is 4.13. The maximum absolute atomic E-state index is 12.3. The number of rotatable bonds is 5. The van der Waals surface area contributed by atoms with E-state index in [1.165, 1.54) is 0 Å². The minimum Gasteiger partial charge on any atom is -0.467 e. The van der Waals surface area contributed by atoms with Gasteiger partial charge < -0.3 is 15.1 Å². The molecule has 0 spiro atoms. The van der Waals surface area contributed by atoms with E-state index in [0.29, 0.717) is 18.7 Å². The molecule has 1 aliphatic carbocycles. The Hall–Kier alpha value is -2.56. The molecule has 3 rings (SSSR count). The number of hydrogen-bond acceptors (Lipinski definition) is 3. The quantitative estimate of drug-likeness (QED) is 0.892. The van der Waals surface area contributed by atoms with Gasteiger partial charge in [-0.2, -0.15) is 0 Å². The summed E-state index contributed by atoms with van der Waals surface area (Å²) in [6.45, 7) is 4.29. The highest BCUT2D eigenvalue weighted by atomic mass is 16.3. The van der Waals surface area contributed by atoms with E-state index in [1.54, 1.807) is 18.4 Å². The van der Waals surface area contributed by atoms with Crippen molar-refractivity contribution in [1.29, 1.82) is 0 Å². The van der Waals surface area contributed by atoms with Gasteiger partial charge >= 0.3 is 0 Å². The van der Waals surface area contributed by atoms with Crippen molar-refractivity contribution in [3.63, 3.8) is 0 Å². The van der Waals surface area contributed by atoms with E-state index in [-0.39, 0.29) is 23.7 Å². The van der Waals surface area contributed by atoms with Crippen molar-refractivity contribution in [3.8, 4) is 0 Å². The third-order valence-electron chi connectivity index (χ3n) is 4.13. The fourth-order valence-corrected chi connectivity index (χ4v) is 2.59. The highest BCUT2D eigenvalue weighted by Gasteiger charge is 2.48. The fraction of sp³-hybridized carbons (Fsp3) is 0.333. The number of carbonyl (C=O) groups is 2. The number of amides is 2. The molecule has 5 nitrogen and oxygen atoms in total. The highest BCUT2D eigenvalue weighted by Crippen LogP contribution is 2.39. The van der Waals surface area contributed by atoms with E-state index >= 15 is 0 Å². The van der Waals surface area contributed by atoms with Crippen LogP contribution in [0.3, 0.4) is 0 Å². The molecule has 1 heterocycles. The Morgan fingerprint density at radius 2 is 1.96 bits per heavy atom. The maximum atomic E-state index is 12.3. The van der Waals surface area contributed by atoms with Crippen LogP contribution >= 0.6 is 0 Å². The van der Waals surface area contributed by atoms with E-state index in [1.807, 2.05) is 32.0 Å². The lowest BCUT2D eigenvalue weighted by atomic mass is 10.1. The molecule has 23 heavy (non-hydrogen) atoms. The molecular weight excluding hydrogens is 292 g/mol. The molecule has 2 aromatic rings. The Morgan fingerprint density at radius 1 is 1.17 bits per heavy atom. The van der Waals surface area contributed by atoms with E-state index in [9.17, 15) is 9.59 Å². The van der Waals surface area contributed by atoms with Gasteiger partial charge in [0.05, 0.1) is 24.6 Å². The largest absolute Gasteiger partial charge is 0.467 e. The summed E-state index contributed by atoms with van der Waals surface area (Å²) < 4.78 is 5.17. The van der Waals surface area contributed by atoms with Crippen LogP contribution in [0.15, 0.2) is 41.0 Å². The van der Waals surface area contributed by atoms with Crippen LogP contribution in [-0.2, 0) is 16.1 Å². The zero-order chi connectivity index (χ0) is 16.4. The minimum absolute atomic E-state index is 0.0863. The van der Waals surface area contributed by atoms with Crippen LogP contribution in [0.25, 0.3) is 0 Å². The maximum Gasteiger partial charge on any atom is 0.228 e. The normalized spacial score (nSPS) is 19.2. The SMILES string of the molecule is Cc1ccc(C)c(NC(=O)C2CC2C(=O)NCc2ccco2)c1. The van der Waals surface area contributed by atoms with Crippen molar-refractivity contribution < 1.29 is 14.0 Å². The summed E-state index contributed by atoms with van der Waals surface area (Å²) in [5.74, 6) is 0.0383. The first-order chi connectivity index (χ1) is 11.0. The van der Waals surface area contributed by atoms with Crippen LogP contribution in [0.5, 0.6) is 0 Å². The molecule has 2 unspecified atom stereocenters. The number of furan rings is 1. The van der Waals surface area contributed by atoms with Gasteiger partial charge in [-0.25, -0.2) is 0 Å². The van der Waals surface area contributed by atoms with Gasteiger partial charge in [0.25, 0.3) is 0 Å². The predicted octanol–water partition coefficient (Wildman–Crippen LogP) is 2.79. The molecular formula is C18H20N2O3. The molecule has 1 aliphatic rings. The van der Waals surface area contributed by atoms with Crippen LogP contribution in [-0.4, -0.2) is 11.8 Å². The van der Waals surface area contributed by atoms with Crippen molar-refractivity contribution >= 4 is 17.5 Å². The lowest BCUT2D eigenvalue weighted by Gasteiger charge is -2.09. The molecule has 1 fully saturated rings. The van der Waals surface area contributed by atoms with Gasteiger partial charge in [0, 0.05) is 5.69 Å². The fourth-order valence-electron chi connectivity index (χ4n) is 2.59. The van der Waals surface area contributed by atoms with E-state index < -0.39 is 0 Å². The molecule has 0 saturated heterocycles. The molecule has 2 amide bonds. The first-order valence-electron chi connectivity index (χ1n) is 7.73. The number of nitrogens with one attached hydrogen (secondary N) is 2. The number of benzene rings is 1. The summed E-state index contributed by atoms with van der Waals surface area (Å²) in [5, 5.41) is 5.73. The smallest absolute Gasteiger partial charge is 0.228 e. The van der Waals surface area contributed by atoms with Gasteiger partial charge in [0.2, 0.25) is 11.8 Å². The van der Waals surface area contributed by atoms with Crippen LogP contribution in [0.4, 0.5) is 5.69 Å². The topological polar surface area (TPSA) is 71.3 Å². The molecule has 0 radical (unpaired) electrons. The molecule has 0 bridgehead atoms. The second kappa shape index (κ2) is 6.28. The van der Waals surface area contributed by atoms with Gasteiger partial charge in [-0.15, -0.1) is 0 Å². The summed E-state index contributed by atoms with van der Waals surface area (Å²) in [4.78, 5) is 24.3. The lowest BCUT2D eigenvalue weighted by Crippen LogP contribution is -2.27. The van der Waals surface area contributed by atoms with E-state index in [4.69, 9.17) is 4.42 Å². The monoisotopic (exact) mass is 312 g/mol. The summed E-state index contributed by atoms with van der Waals surface area (Å²) in [6.07, 6.45) is 2.17. The number of hydrogen-bond donors (Lipinski definition) is 2. The summed E-state index contributed by atoms with van der Waals surface area (Å²) in [6, 6.07) is 9.51. The molecule has 2 atom stereocenters. The Kier molecular flexibility index (Phi) is 4.19. The molecule has 120 valence electrons. The van der Waals surface area contributed by atoms with Crippen molar-refractivity contribution in [1.82, 2.24) is 5.32 Å². The molecule has 5 heteroatoms. The number of carbonyl (C=O) groups excluding carboxylic acids is 2. The molecule has 2 N–H and O–H groups in total. The second-order valence-corrected chi connectivity index (χ2v) is 6.05. The van der Waals surface area contributed by atoms with Crippen LogP contribution in [0.2, 0.25) is 0 Å². The predicted molar refractivity (Wildman–Crippen MR) is 86.7 cm³/mol. The number of aryl methyl sites for hydroxylation is 2. The molecule has 0 aliphatic heterocycles. The first kappa shape index (κ1) is 15.3. The second-order valence-electron chi connectivity index (χ2n) is 6.05. The average Bonchev–Trinajstić information content (AvgIpc) is 3.17. The zero-order valence-corrected chi connectivity index (χ0v) is 13.3. The van der Waals surface area contributed by atoms with E-state index in [0.717, 1.165) is 16.8 Å². The summed E-state index contributed by atoms with van der Waals surface area (Å²) in [7, 11) is 0. The standard InChI is InChI=1S/C18H20N2O3/c1-11-5-6-12(2)16(8-11)20-18(22)15-9-14(15)17(21)19-10-13-4-3-7-23-13/h3-8,14-15H,9-10H2,1-2H3,(H,19,21)(H,20,22). The molecule has 1 saturated carbocycles. The van der Waals surface area contributed by atoms with Gasteiger partial charge in [0.1, 0.15) is 5.76 Å². The first-order valence-corrected chi connectivity index (χ1v) is 7.73. The van der Waals surface area contributed by atoms with Gasteiger partial charge in [-0.3, -0.25) is 9.59 Å². The van der Waals surface area contributed by atoms with Crippen molar-refractivity contribution in [2.24, 2.45) is 11.8 Å². The van der Waals surface area contributed by atoms with E-state index in [2.05, 4.69) is 10.6 Å². The Morgan fingerprint density at radius 3 is 2.70 bits per heavy atom. The Bertz CT molecular complexity index is 722. The Labute approximate surface area is 135 Å². The van der Waals surface area contributed by atoms with Gasteiger partial charge in [-0.05, 0) is 49.6 Å². The third kappa shape index (κ3) is 3.62. The van der Waals surface area contributed by atoms with Crippen molar-refractivity contribution in [2.45, 2.75) is 26.8 Å². The van der Waals surface area contributed by atoms with Crippen LogP contribution in [0, 0.1) is 25.7 Å². The summed E-state index contributed by atoms with van der Waals surface area (Å²) >= 11 is 0.